The van der Waals surface area contributed by atoms with Gasteiger partial charge in [-0.25, -0.2) is 4.39 Å². The molecular weight excluding hydrogens is 343 g/mol. The van der Waals surface area contributed by atoms with Crippen molar-refractivity contribution in [1.82, 2.24) is 0 Å². The summed E-state index contributed by atoms with van der Waals surface area (Å²) in [7, 11) is 0. The molecule has 0 aromatic heterocycles. The highest BCUT2D eigenvalue weighted by Crippen LogP contribution is 2.34. The van der Waals surface area contributed by atoms with Crippen molar-refractivity contribution >= 4 is 0 Å². The van der Waals surface area contributed by atoms with Crippen LogP contribution < -0.4 is 0 Å². The zero-order chi connectivity index (χ0) is 23.3. The van der Waals surface area contributed by atoms with Gasteiger partial charge in [0.05, 0.1) is 5.48 Å². The molecule has 0 N–H and O–H groups in total. The van der Waals surface area contributed by atoms with Gasteiger partial charge in [-0.2, -0.15) is 0 Å². The van der Waals surface area contributed by atoms with Gasteiger partial charge in [0, 0.05) is 5.56 Å². The first-order valence-corrected chi connectivity index (χ1v) is 11.2. The predicted octanol–water partition coefficient (Wildman–Crippen LogP) is 8.37. The topological polar surface area (TPSA) is 0 Å². The first-order chi connectivity index (χ1) is 15.4. The molecule has 152 valence electrons. The fraction of sp³-hybridized carbons (Fsp3) is 0.556. The van der Waals surface area contributed by atoms with E-state index in [9.17, 15) is 0 Å². The maximum atomic E-state index is 15.2. The van der Waals surface area contributed by atoms with E-state index in [0.717, 1.165) is 24.3 Å². The Kier molecular flexibility index (Phi) is 6.24. The zero-order valence-corrected chi connectivity index (χ0v) is 17.5. The van der Waals surface area contributed by atoms with Crippen LogP contribution in [0.2, 0.25) is 0 Å². The van der Waals surface area contributed by atoms with Crippen molar-refractivity contribution in [1.29, 1.82) is 0 Å². The SMILES string of the molecule is [2H]c1cc(CC)ccc1-c1c([2H])c([2H])c(CCC2CCC(CCCCC)CC2)c([2H])c1F. The van der Waals surface area contributed by atoms with Crippen molar-refractivity contribution < 1.29 is 9.87 Å². The Morgan fingerprint density at radius 2 is 1.64 bits per heavy atom. The van der Waals surface area contributed by atoms with E-state index in [1.165, 1.54) is 51.4 Å². The van der Waals surface area contributed by atoms with Crippen LogP contribution in [0.5, 0.6) is 0 Å². The summed E-state index contributed by atoms with van der Waals surface area (Å²) >= 11 is 0. The molecule has 0 unspecified atom stereocenters. The number of hydrogen-bond donors (Lipinski definition) is 0. The molecule has 1 heteroatoms. The summed E-state index contributed by atoms with van der Waals surface area (Å²) in [5.41, 5.74) is 1.53. The van der Waals surface area contributed by atoms with Crippen molar-refractivity contribution in [2.45, 2.75) is 84.5 Å². The summed E-state index contributed by atoms with van der Waals surface area (Å²) in [5.74, 6) is 0.638. The molecule has 1 aliphatic carbocycles. The molecule has 0 bridgehead atoms. The second-order valence-corrected chi connectivity index (χ2v) is 8.43. The van der Waals surface area contributed by atoms with Gasteiger partial charge >= 0.3 is 0 Å². The predicted molar refractivity (Wildman–Crippen MR) is 119 cm³/mol. The molecule has 0 amide bonds. The zero-order valence-electron chi connectivity index (χ0n) is 21.5. The minimum atomic E-state index is -0.765. The number of aryl methyl sites for hydroxylation is 1. The quantitative estimate of drug-likeness (QED) is 0.381. The van der Waals surface area contributed by atoms with Gasteiger partial charge in [0.1, 0.15) is 5.82 Å². The molecule has 0 aliphatic heterocycles. The molecule has 0 radical (unpaired) electrons. The molecule has 1 fully saturated rings. The van der Waals surface area contributed by atoms with Crippen LogP contribution in [-0.4, -0.2) is 0 Å². The fourth-order valence-corrected chi connectivity index (χ4v) is 4.40. The van der Waals surface area contributed by atoms with Gasteiger partial charge in [-0.3, -0.25) is 0 Å². The second-order valence-electron chi connectivity index (χ2n) is 8.43. The largest absolute Gasteiger partial charge is 0.206 e. The summed E-state index contributed by atoms with van der Waals surface area (Å²) in [6.07, 6.45) is 12.2. The molecular formula is C27H37F. The van der Waals surface area contributed by atoms with Gasteiger partial charge in [-0.1, -0.05) is 102 Å². The molecule has 28 heavy (non-hydrogen) atoms. The molecule has 0 heterocycles. The van der Waals surface area contributed by atoms with E-state index in [2.05, 4.69) is 6.92 Å². The maximum absolute atomic E-state index is 15.2. The van der Waals surface area contributed by atoms with Crippen LogP contribution >= 0.6 is 0 Å². The van der Waals surface area contributed by atoms with Crippen LogP contribution in [0.3, 0.4) is 0 Å². The third-order valence-corrected chi connectivity index (χ3v) is 6.36. The molecule has 2 aromatic carbocycles. The number of unbranched alkanes of at least 4 members (excludes halogenated alkanes) is 2. The number of rotatable bonds is 9. The van der Waals surface area contributed by atoms with Crippen LogP contribution in [0.4, 0.5) is 4.39 Å². The van der Waals surface area contributed by atoms with E-state index in [4.69, 9.17) is 5.48 Å². The Bertz CT molecular complexity index is 887. The highest BCUT2D eigenvalue weighted by atomic mass is 19.1. The molecule has 1 aliphatic rings. The number of benzene rings is 2. The first kappa shape index (κ1) is 16.2. The van der Waals surface area contributed by atoms with E-state index in [-0.39, 0.29) is 29.7 Å². The van der Waals surface area contributed by atoms with Crippen LogP contribution in [0, 0.1) is 17.7 Å². The Labute approximate surface area is 177 Å². The van der Waals surface area contributed by atoms with E-state index in [1.54, 1.807) is 12.1 Å². The lowest BCUT2D eigenvalue weighted by Crippen LogP contribution is -2.15. The molecule has 3 rings (SSSR count). The van der Waals surface area contributed by atoms with Crippen molar-refractivity contribution in [3.05, 3.63) is 59.3 Å². The van der Waals surface area contributed by atoms with E-state index in [0.29, 0.717) is 23.5 Å². The minimum Gasteiger partial charge on any atom is -0.206 e. The summed E-state index contributed by atoms with van der Waals surface area (Å²) in [5, 5.41) is 0. The third kappa shape index (κ3) is 5.93. The molecule has 2 aromatic rings. The molecule has 0 nitrogen and oxygen atoms in total. The average Bonchev–Trinajstić information content (AvgIpc) is 2.80. The van der Waals surface area contributed by atoms with Gasteiger partial charge < -0.3 is 0 Å². The van der Waals surface area contributed by atoms with E-state index < -0.39 is 5.82 Å². The van der Waals surface area contributed by atoms with Gasteiger partial charge in [0.15, 0.2) is 0 Å². The standard InChI is InChI=1S/C27H37F/c1-3-5-6-7-22-8-10-23(11-9-22)12-13-24-16-19-26(27(28)20-24)25-17-14-21(4-2)15-18-25/h14-20,22-23H,3-13H2,1-2H3/i16D,17D,19D,20D. The van der Waals surface area contributed by atoms with E-state index >= 15 is 4.39 Å². The van der Waals surface area contributed by atoms with Gasteiger partial charge in [-0.05, 0) is 53.8 Å². The first-order valence-electron chi connectivity index (χ1n) is 13.2. The van der Waals surface area contributed by atoms with Crippen LogP contribution in [0.15, 0.2) is 42.4 Å². The number of hydrogen-bond acceptors (Lipinski definition) is 0. The molecule has 0 atom stereocenters. The number of halogens is 1. The molecule has 0 spiro atoms. The molecule has 0 saturated heterocycles. The van der Waals surface area contributed by atoms with E-state index in [1.807, 2.05) is 13.0 Å². The lowest BCUT2D eigenvalue weighted by Gasteiger charge is -2.28. The Morgan fingerprint density at radius 3 is 2.32 bits per heavy atom. The summed E-state index contributed by atoms with van der Waals surface area (Å²) in [6.45, 7) is 4.23. The lowest BCUT2D eigenvalue weighted by molar-refractivity contribution is 0.249. The monoisotopic (exact) mass is 384 g/mol. The smallest absolute Gasteiger partial charge is 0.131 e. The van der Waals surface area contributed by atoms with Crippen molar-refractivity contribution in [2.24, 2.45) is 11.8 Å². The van der Waals surface area contributed by atoms with Crippen molar-refractivity contribution in [3.63, 3.8) is 0 Å². The van der Waals surface area contributed by atoms with Crippen LogP contribution in [0.1, 0.15) is 88.2 Å². The van der Waals surface area contributed by atoms with Crippen molar-refractivity contribution in [2.75, 3.05) is 0 Å². The normalized spacial score (nSPS) is 21.7. The molecule has 1 saturated carbocycles. The Morgan fingerprint density at radius 1 is 0.893 bits per heavy atom. The van der Waals surface area contributed by atoms with Gasteiger partial charge in [-0.15, -0.1) is 0 Å². The maximum Gasteiger partial charge on any atom is 0.131 e. The van der Waals surface area contributed by atoms with Crippen molar-refractivity contribution in [3.8, 4) is 11.1 Å². The minimum absolute atomic E-state index is 0.0568. The second kappa shape index (κ2) is 10.8. The average molecular weight is 385 g/mol. The summed E-state index contributed by atoms with van der Waals surface area (Å²) in [6, 6.07) is 4.76. The van der Waals surface area contributed by atoms with Gasteiger partial charge in [0.25, 0.3) is 0 Å². The van der Waals surface area contributed by atoms with Gasteiger partial charge in [0.2, 0.25) is 0 Å². The lowest BCUT2D eigenvalue weighted by atomic mass is 9.78. The summed E-state index contributed by atoms with van der Waals surface area (Å²) < 4.78 is 48.8. The van der Waals surface area contributed by atoms with Crippen LogP contribution in [0.25, 0.3) is 11.1 Å². The van der Waals surface area contributed by atoms with Crippen LogP contribution in [-0.2, 0) is 12.8 Å². The Balaban J connectivity index is 1.72. The summed E-state index contributed by atoms with van der Waals surface area (Å²) in [4.78, 5) is 0. The highest BCUT2D eigenvalue weighted by molar-refractivity contribution is 5.64. The third-order valence-electron chi connectivity index (χ3n) is 6.36. The Hall–Kier alpha value is -1.63. The highest BCUT2D eigenvalue weighted by Gasteiger charge is 2.20. The fourth-order valence-electron chi connectivity index (χ4n) is 4.40.